The maximum Gasteiger partial charge on any atom is 0.0861 e. The molecular weight excluding hydrogens is 200 g/mol. The van der Waals surface area contributed by atoms with Crippen LogP contribution >= 0.6 is 0 Å². The largest absolute Gasteiger partial charge is 0.388 e. The molecule has 0 aromatic heterocycles. The topological polar surface area (TPSA) is 47.3 Å². The summed E-state index contributed by atoms with van der Waals surface area (Å²) in [4.78, 5) is 2.27. The van der Waals surface area contributed by atoms with Gasteiger partial charge in [-0.2, -0.15) is 5.26 Å². The van der Waals surface area contributed by atoms with Gasteiger partial charge < -0.3 is 10.0 Å². The molecule has 1 heterocycles. The maximum absolute atomic E-state index is 10.9. The molecule has 16 heavy (non-hydrogen) atoms. The number of likely N-dealkylation sites (tertiary alicyclic amines) is 1. The third-order valence-corrected chi connectivity index (χ3v) is 4.83. The van der Waals surface area contributed by atoms with Crippen molar-refractivity contribution < 1.29 is 5.11 Å². The number of nitriles is 1. The normalized spacial score (nSPS) is 39.5. The number of hydrogen-bond donors (Lipinski definition) is 1. The first kappa shape index (κ1) is 11.9. The van der Waals surface area contributed by atoms with Crippen LogP contribution in [0.25, 0.3) is 0 Å². The lowest BCUT2D eigenvalue weighted by molar-refractivity contribution is -0.105. The molecule has 0 aromatic rings. The van der Waals surface area contributed by atoms with Crippen LogP contribution < -0.4 is 0 Å². The quantitative estimate of drug-likeness (QED) is 0.737. The van der Waals surface area contributed by atoms with E-state index in [-0.39, 0.29) is 0 Å². The van der Waals surface area contributed by atoms with Crippen molar-refractivity contribution in [2.24, 2.45) is 5.41 Å². The fourth-order valence-electron chi connectivity index (χ4n) is 3.42. The van der Waals surface area contributed by atoms with Crippen LogP contribution in [0.2, 0.25) is 0 Å². The second-order valence-electron chi connectivity index (χ2n) is 5.72. The Kier molecular flexibility index (Phi) is 2.98. The van der Waals surface area contributed by atoms with E-state index in [9.17, 15) is 10.4 Å². The van der Waals surface area contributed by atoms with Gasteiger partial charge in [0.15, 0.2) is 0 Å². The van der Waals surface area contributed by atoms with Crippen molar-refractivity contribution in [3.8, 4) is 6.07 Å². The van der Waals surface area contributed by atoms with E-state index in [1.807, 2.05) is 0 Å². The van der Waals surface area contributed by atoms with E-state index in [4.69, 9.17) is 0 Å². The van der Waals surface area contributed by atoms with E-state index < -0.39 is 11.0 Å². The SMILES string of the molecule is CC1CC(O)(C2(C#N)CCCC2)CCN1C. The average molecular weight is 222 g/mol. The summed E-state index contributed by atoms with van der Waals surface area (Å²) >= 11 is 0. The molecular formula is C13H22N2O. The summed E-state index contributed by atoms with van der Waals surface area (Å²) in [6.07, 6.45) is 5.46. The highest BCUT2D eigenvalue weighted by molar-refractivity contribution is 5.15. The van der Waals surface area contributed by atoms with Crippen LogP contribution in [0.3, 0.4) is 0 Å². The average Bonchev–Trinajstić information content (AvgIpc) is 2.74. The van der Waals surface area contributed by atoms with Gasteiger partial charge in [-0.1, -0.05) is 12.8 Å². The zero-order chi connectivity index (χ0) is 11.8. The lowest BCUT2D eigenvalue weighted by atomic mass is 9.65. The molecule has 3 nitrogen and oxygen atoms in total. The van der Waals surface area contributed by atoms with Crippen molar-refractivity contribution in [3.63, 3.8) is 0 Å². The first-order valence-corrected chi connectivity index (χ1v) is 6.37. The number of nitrogens with zero attached hydrogens (tertiary/aromatic N) is 2. The van der Waals surface area contributed by atoms with Crippen molar-refractivity contribution in [3.05, 3.63) is 0 Å². The van der Waals surface area contributed by atoms with E-state index in [1.54, 1.807) is 0 Å². The summed E-state index contributed by atoms with van der Waals surface area (Å²) in [5, 5.41) is 20.3. The van der Waals surface area contributed by atoms with Crippen molar-refractivity contribution >= 4 is 0 Å². The van der Waals surface area contributed by atoms with Crippen LogP contribution in [0.5, 0.6) is 0 Å². The molecule has 0 spiro atoms. The van der Waals surface area contributed by atoms with Crippen molar-refractivity contribution in [1.29, 1.82) is 5.26 Å². The van der Waals surface area contributed by atoms with Gasteiger partial charge in [-0.15, -0.1) is 0 Å². The molecule has 2 aliphatic rings. The van der Waals surface area contributed by atoms with E-state index in [0.29, 0.717) is 6.04 Å². The second-order valence-corrected chi connectivity index (χ2v) is 5.72. The molecule has 1 N–H and O–H groups in total. The fourth-order valence-corrected chi connectivity index (χ4v) is 3.42. The molecule has 1 aliphatic heterocycles. The zero-order valence-corrected chi connectivity index (χ0v) is 10.4. The molecule has 0 aromatic carbocycles. The molecule has 2 atom stereocenters. The van der Waals surface area contributed by atoms with Crippen LogP contribution in [0, 0.1) is 16.7 Å². The predicted molar refractivity (Wildman–Crippen MR) is 62.8 cm³/mol. The first-order chi connectivity index (χ1) is 7.53. The molecule has 0 bridgehead atoms. The maximum atomic E-state index is 10.9. The lowest BCUT2D eigenvalue weighted by Gasteiger charge is -2.48. The van der Waals surface area contributed by atoms with Crippen LogP contribution in [-0.4, -0.2) is 35.2 Å². The molecule has 0 radical (unpaired) electrons. The van der Waals surface area contributed by atoms with Gasteiger partial charge in [0.2, 0.25) is 0 Å². The molecule has 3 heteroatoms. The highest BCUT2D eigenvalue weighted by Gasteiger charge is 2.54. The summed E-state index contributed by atoms with van der Waals surface area (Å²) in [7, 11) is 2.10. The molecule has 2 rings (SSSR count). The Morgan fingerprint density at radius 3 is 2.44 bits per heavy atom. The van der Waals surface area contributed by atoms with Gasteiger partial charge in [0, 0.05) is 12.6 Å². The summed E-state index contributed by atoms with van der Waals surface area (Å²) in [5.41, 5.74) is -1.20. The number of piperidine rings is 1. The Balaban J connectivity index is 2.21. The Morgan fingerprint density at radius 1 is 1.31 bits per heavy atom. The molecule has 1 aliphatic carbocycles. The van der Waals surface area contributed by atoms with Crippen LogP contribution in [0.1, 0.15) is 45.4 Å². The number of aliphatic hydroxyl groups is 1. The predicted octanol–water partition coefficient (Wildman–Crippen LogP) is 1.92. The van der Waals surface area contributed by atoms with Crippen LogP contribution in [0.4, 0.5) is 0 Å². The lowest BCUT2D eigenvalue weighted by Crippen LogP contribution is -2.55. The monoisotopic (exact) mass is 222 g/mol. The van der Waals surface area contributed by atoms with Crippen LogP contribution in [0.15, 0.2) is 0 Å². The van der Waals surface area contributed by atoms with Gasteiger partial charge in [0.25, 0.3) is 0 Å². The van der Waals surface area contributed by atoms with Crippen molar-refractivity contribution in [1.82, 2.24) is 4.90 Å². The first-order valence-electron chi connectivity index (χ1n) is 6.37. The summed E-state index contributed by atoms with van der Waals surface area (Å²) in [6, 6.07) is 2.83. The Morgan fingerprint density at radius 2 is 1.94 bits per heavy atom. The van der Waals surface area contributed by atoms with E-state index >= 15 is 0 Å². The van der Waals surface area contributed by atoms with E-state index in [0.717, 1.165) is 45.1 Å². The Labute approximate surface area is 98.1 Å². The molecule has 0 amide bonds. The minimum absolute atomic E-state index is 0.379. The van der Waals surface area contributed by atoms with Gasteiger partial charge in [-0.05, 0) is 39.7 Å². The van der Waals surface area contributed by atoms with Gasteiger partial charge in [0.05, 0.1) is 17.1 Å². The fraction of sp³-hybridized carbons (Fsp3) is 0.923. The van der Waals surface area contributed by atoms with Gasteiger partial charge in [-0.3, -0.25) is 0 Å². The highest BCUT2D eigenvalue weighted by atomic mass is 16.3. The van der Waals surface area contributed by atoms with Crippen LogP contribution in [-0.2, 0) is 0 Å². The third kappa shape index (κ3) is 1.65. The molecule has 2 fully saturated rings. The highest BCUT2D eigenvalue weighted by Crippen LogP contribution is 2.51. The molecule has 2 unspecified atom stereocenters. The zero-order valence-electron chi connectivity index (χ0n) is 10.4. The van der Waals surface area contributed by atoms with Crippen molar-refractivity contribution in [2.45, 2.75) is 57.1 Å². The molecule has 1 saturated heterocycles. The number of rotatable bonds is 1. The minimum Gasteiger partial charge on any atom is -0.388 e. The minimum atomic E-state index is -0.746. The van der Waals surface area contributed by atoms with Gasteiger partial charge in [0.1, 0.15) is 0 Å². The smallest absolute Gasteiger partial charge is 0.0861 e. The van der Waals surface area contributed by atoms with Gasteiger partial charge in [-0.25, -0.2) is 0 Å². The summed E-state index contributed by atoms with van der Waals surface area (Å²) in [5.74, 6) is 0. The van der Waals surface area contributed by atoms with Crippen molar-refractivity contribution in [2.75, 3.05) is 13.6 Å². The third-order valence-electron chi connectivity index (χ3n) is 4.83. The molecule has 90 valence electrons. The molecule has 1 saturated carbocycles. The van der Waals surface area contributed by atoms with E-state index in [1.165, 1.54) is 0 Å². The van der Waals surface area contributed by atoms with Gasteiger partial charge >= 0.3 is 0 Å². The summed E-state index contributed by atoms with van der Waals surface area (Å²) in [6.45, 7) is 3.05. The standard InChI is InChI=1S/C13H22N2O/c1-11-9-13(16,7-8-15(11)2)12(10-14)5-3-4-6-12/h11,16H,3-9H2,1-2H3. The number of hydrogen-bond acceptors (Lipinski definition) is 3. The summed E-state index contributed by atoms with van der Waals surface area (Å²) < 4.78 is 0. The Bertz CT molecular complexity index is 304. The van der Waals surface area contributed by atoms with E-state index in [2.05, 4.69) is 24.9 Å². The second kappa shape index (κ2) is 4.01. The Hall–Kier alpha value is -0.590.